The van der Waals surface area contributed by atoms with Crippen molar-refractivity contribution < 1.29 is 9.53 Å². The molecule has 2 heterocycles. The smallest absolute Gasteiger partial charge is 0.278 e. The third kappa shape index (κ3) is 3.75. The first kappa shape index (κ1) is 18.2. The SMILES string of the molecule is COc1cccc(NC(=O)c2nc3ccccc3nc2N2CCN(C)CC2)c1. The van der Waals surface area contributed by atoms with Gasteiger partial charge in [-0.05, 0) is 31.3 Å². The Morgan fingerprint density at radius 2 is 1.71 bits per heavy atom. The van der Waals surface area contributed by atoms with Crippen LogP contribution in [0.25, 0.3) is 11.0 Å². The monoisotopic (exact) mass is 377 g/mol. The Bertz CT molecular complexity index is 999. The summed E-state index contributed by atoms with van der Waals surface area (Å²) in [6.07, 6.45) is 0. The van der Waals surface area contributed by atoms with Crippen molar-refractivity contribution in [3.8, 4) is 5.75 Å². The second kappa shape index (κ2) is 7.82. The molecule has 28 heavy (non-hydrogen) atoms. The second-order valence-corrected chi connectivity index (χ2v) is 6.86. The molecule has 0 saturated carbocycles. The summed E-state index contributed by atoms with van der Waals surface area (Å²) >= 11 is 0. The van der Waals surface area contributed by atoms with E-state index >= 15 is 0 Å². The predicted molar refractivity (Wildman–Crippen MR) is 110 cm³/mol. The molecule has 0 unspecified atom stereocenters. The Morgan fingerprint density at radius 1 is 1.00 bits per heavy atom. The maximum absolute atomic E-state index is 13.1. The molecule has 1 amide bonds. The fourth-order valence-electron chi connectivity index (χ4n) is 3.27. The van der Waals surface area contributed by atoms with E-state index in [1.807, 2.05) is 42.5 Å². The number of anilines is 2. The maximum Gasteiger partial charge on any atom is 0.278 e. The van der Waals surface area contributed by atoms with Gasteiger partial charge in [0.05, 0.1) is 18.1 Å². The first-order valence-corrected chi connectivity index (χ1v) is 9.30. The number of hydrogen-bond donors (Lipinski definition) is 1. The number of para-hydroxylation sites is 2. The van der Waals surface area contributed by atoms with E-state index in [-0.39, 0.29) is 5.91 Å². The summed E-state index contributed by atoms with van der Waals surface area (Å²) in [5.74, 6) is 1.04. The highest BCUT2D eigenvalue weighted by molar-refractivity contribution is 6.07. The van der Waals surface area contributed by atoms with Crippen LogP contribution in [-0.4, -0.2) is 61.1 Å². The van der Waals surface area contributed by atoms with Crippen LogP contribution in [0.4, 0.5) is 11.5 Å². The summed E-state index contributed by atoms with van der Waals surface area (Å²) in [6.45, 7) is 3.46. The van der Waals surface area contributed by atoms with Gasteiger partial charge in [0.1, 0.15) is 5.75 Å². The van der Waals surface area contributed by atoms with Crippen LogP contribution in [0.5, 0.6) is 5.75 Å². The number of benzene rings is 2. The lowest BCUT2D eigenvalue weighted by Crippen LogP contribution is -2.45. The zero-order valence-electron chi connectivity index (χ0n) is 16.1. The number of hydrogen-bond acceptors (Lipinski definition) is 6. The molecular weight excluding hydrogens is 354 g/mol. The van der Waals surface area contributed by atoms with Gasteiger partial charge in [-0.2, -0.15) is 0 Å². The molecule has 144 valence electrons. The molecule has 4 rings (SSSR count). The van der Waals surface area contributed by atoms with Gasteiger partial charge >= 0.3 is 0 Å². The summed E-state index contributed by atoms with van der Waals surface area (Å²) in [4.78, 5) is 26.9. The van der Waals surface area contributed by atoms with Crippen molar-refractivity contribution in [1.29, 1.82) is 0 Å². The molecule has 0 atom stereocenters. The molecule has 3 aromatic rings. The van der Waals surface area contributed by atoms with Crippen molar-refractivity contribution in [2.75, 3.05) is 50.6 Å². The lowest BCUT2D eigenvalue weighted by Gasteiger charge is -2.33. The Kier molecular flexibility index (Phi) is 5.08. The third-order valence-electron chi connectivity index (χ3n) is 4.90. The number of methoxy groups -OCH3 is 1. The van der Waals surface area contributed by atoms with Crippen molar-refractivity contribution in [2.24, 2.45) is 0 Å². The van der Waals surface area contributed by atoms with E-state index in [0.717, 1.165) is 31.7 Å². The van der Waals surface area contributed by atoms with Crippen molar-refractivity contribution in [2.45, 2.75) is 0 Å². The van der Waals surface area contributed by atoms with Crippen LogP contribution in [0.2, 0.25) is 0 Å². The number of likely N-dealkylation sites (N-methyl/N-ethyl adjacent to an activating group) is 1. The fourth-order valence-corrected chi connectivity index (χ4v) is 3.27. The average molecular weight is 377 g/mol. The number of aromatic nitrogens is 2. The zero-order chi connectivity index (χ0) is 19.5. The molecule has 1 saturated heterocycles. The Balaban J connectivity index is 1.71. The molecule has 1 N–H and O–H groups in total. The highest BCUT2D eigenvalue weighted by atomic mass is 16.5. The number of amides is 1. The molecule has 0 radical (unpaired) electrons. The molecule has 0 spiro atoms. The standard InChI is InChI=1S/C21H23N5O2/c1-25-10-12-26(13-11-25)20-19(23-17-8-3-4-9-18(17)24-20)21(27)22-15-6-5-7-16(14-15)28-2/h3-9,14H,10-13H2,1-2H3,(H,22,27). The number of rotatable bonds is 4. The first-order valence-electron chi connectivity index (χ1n) is 9.30. The number of ether oxygens (including phenoxy) is 1. The molecule has 1 aromatic heterocycles. The summed E-state index contributed by atoms with van der Waals surface area (Å²) in [5.41, 5.74) is 2.49. The molecule has 1 aliphatic heterocycles. The van der Waals surface area contributed by atoms with Crippen LogP contribution in [0.3, 0.4) is 0 Å². The number of carbonyl (C=O) groups excluding carboxylic acids is 1. The van der Waals surface area contributed by atoms with Gasteiger partial charge in [-0.15, -0.1) is 0 Å². The minimum Gasteiger partial charge on any atom is -0.497 e. The lowest BCUT2D eigenvalue weighted by molar-refractivity contribution is 0.102. The van der Waals surface area contributed by atoms with E-state index < -0.39 is 0 Å². The summed E-state index contributed by atoms with van der Waals surface area (Å²) in [6, 6.07) is 14.9. The molecule has 7 nitrogen and oxygen atoms in total. The van der Waals surface area contributed by atoms with E-state index in [4.69, 9.17) is 9.72 Å². The van der Waals surface area contributed by atoms with Crippen molar-refractivity contribution in [3.63, 3.8) is 0 Å². The van der Waals surface area contributed by atoms with Gasteiger partial charge in [0.2, 0.25) is 0 Å². The number of piperazine rings is 1. The summed E-state index contributed by atoms with van der Waals surface area (Å²) < 4.78 is 5.24. The van der Waals surface area contributed by atoms with Crippen LogP contribution in [0.1, 0.15) is 10.5 Å². The second-order valence-electron chi connectivity index (χ2n) is 6.86. The van der Waals surface area contributed by atoms with Crippen molar-refractivity contribution in [3.05, 3.63) is 54.2 Å². The van der Waals surface area contributed by atoms with Gasteiger partial charge in [0.15, 0.2) is 11.5 Å². The van der Waals surface area contributed by atoms with Gasteiger partial charge in [0.25, 0.3) is 5.91 Å². The zero-order valence-corrected chi connectivity index (χ0v) is 16.1. The number of nitrogens with one attached hydrogen (secondary N) is 1. The van der Waals surface area contributed by atoms with Crippen LogP contribution >= 0.6 is 0 Å². The first-order chi connectivity index (χ1) is 13.6. The normalized spacial score (nSPS) is 14.9. The molecule has 2 aromatic carbocycles. The van der Waals surface area contributed by atoms with Gasteiger partial charge in [-0.1, -0.05) is 18.2 Å². The third-order valence-corrected chi connectivity index (χ3v) is 4.90. The average Bonchev–Trinajstić information content (AvgIpc) is 2.73. The van der Waals surface area contributed by atoms with Gasteiger partial charge in [-0.3, -0.25) is 4.79 Å². The molecule has 0 bridgehead atoms. The van der Waals surface area contributed by atoms with E-state index in [1.165, 1.54) is 0 Å². The van der Waals surface area contributed by atoms with Gasteiger partial charge in [0, 0.05) is 37.9 Å². The van der Waals surface area contributed by atoms with Gasteiger partial charge < -0.3 is 19.9 Å². The Hall–Kier alpha value is -3.19. The Morgan fingerprint density at radius 3 is 2.43 bits per heavy atom. The minimum absolute atomic E-state index is 0.277. The van der Waals surface area contributed by atoms with E-state index in [1.54, 1.807) is 13.2 Å². The highest BCUT2D eigenvalue weighted by Gasteiger charge is 2.24. The topological polar surface area (TPSA) is 70.6 Å². The number of carbonyl (C=O) groups is 1. The maximum atomic E-state index is 13.1. The van der Waals surface area contributed by atoms with Crippen molar-refractivity contribution in [1.82, 2.24) is 14.9 Å². The predicted octanol–water partition coefficient (Wildman–Crippen LogP) is 2.64. The lowest BCUT2D eigenvalue weighted by atomic mass is 10.2. The number of fused-ring (bicyclic) bond motifs is 1. The quantitative estimate of drug-likeness (QED) is 0.754. The molecule has 7 heteroatoms. The van der Waals surface area contributed by atoms with Crippen LogP contribution in [0.15, 0.2) is 48.5 Å². The molecule has 1 fully saturated rings. The van der Waals surface area contributed by atoms with E-state index in [2.05, 4.69) is 27.1 Å². The van der Waals surface area contributed by atoms with Crippen LogP contribution < -0.4 is 15.0 Å². The Labute approximate surface area is 164 Å². The van der Waals surface area contributed by atoms with E-state index in [9.17, 15) is 4.79 Å². The summed E-state index contributed by atoms with van der Waals surface area (Å²) in [7, 11) is 3.70. The number of nitrogens with zero attached hydrogens (tertiary/aromatic N) is 4. The minimum atomic E-state index is -0.277. The molecular formula is C21H23N5O2. The van der Waals surface area contributed by atoms with Crippen molar-refractivity contribution >= 4 is 28.4 Å². The largest absolute Gasteiger partial charge is 0.497 e. The highest BCUT2D eigenvalue weighted by Crippen LogP contribution is 2.24. The molecule has 0 aliphatic carbocycles. The fraction of sp³-hybridized carbons (Fsp3) is 0.286. The van der Waals surface area contributed by atoms with Gasteiger partial charge in [-0.25, -0.2) is 9.97 Å². The van der Waals surface area contributed by atoms with Crippen LogP contribution in [-0.2, 0) is 0 Å². The molecule has 1 aliphatic rings. The van der Waals surface area contributed by atoms with E-state index in [0.29, 0.717) is 28.5 Å². The summed E-state index contributed by atoms with van der Waals surface area (Å²) in [5, 5.41) is 2.93. The van der Waals surface area contributed by atoms with Crippen LogP contribution in [0, 0.1) is 0 Å².